The summed E-state index contributed by atoms with van der Waals surface area (Å²) in [4.78, 5) is 29.4. The predicted molar refractivity (Wildman–Crippen MR) is 131 cm³/mol. The molecule has 9 heteroatoms. The minimum Gasteiger partial charge on any atom is -0.497 e. The molecule has 8 nitrogen and oxygen atoms in total. The highest BCUT2D eigenvalue weighted by molar-refractivity contribution is 8.15. The number of carbonyl (C=O) groups excluding carboxylic acids is 2. The molecular weight excluding hydrogens is 452 g/mol. The molecule has 0 bridgehead atoms. The van der Waals surface area contributed by atoms with Gasteiger partial charge >= 0.3 is 0 Å². The third kappa shape index (κ3) is 4.60. The van der Waals surface area contributed by atoms with Gasteiger partial charge in [0, 0.05) is 18.5 Å². The molecule has 2 amide bonds. The van der Waals surface area contributed by atoms with Gasteiger partial charge in [0.1, 0.15) is 22.8 Å². The molecule has 0 aliphatic carbocycles. The van der Waals surface area contributed by atoms with Crippen molar-refractivity contribution in [1.29, 1.82) is 0 Å². The molecule has 5 rings (SSSR count). The van der Waals surface area contributed by atoms with Crippen molar-refractivity contribution >= 4 is 40.1 Å². The summed E-state index contributed by atoms with van der Waals surface area (Å²) in [5, 5.41) is 9.21. The van der Waals surface area contributed by atoms with Crippen LogP contribution in [0.3, 0.4) is 0 Å². The number of anilines is 1. The lowest BCUT2D eigenvalue weighted by Crippen LogP contribution is -2.24. The van der Waals surface area contributed by atoms with Crippen molar-refractivity contribution in [2.45, 2.75) is 24.1 Å². The number of hydrazone groups is 1. The molecule has 1 N–H and O–H groups in total. The molecule has 2 aliphatic heterocycles. The number of aliphatic imine (C=N–C) groups is 1. The van der Waals surface area contributed by atoms with Crippen LogP contribution in [0.15, 0.2) is 87.5 Å². The maximum atomic E-state index is 12.6. The number of nitrogens with one attached hydrogen (secondary N) is 1. The summed E-state index contributed by atoms with van der Waals surface area (Å²) in [6, 6.07) is 20.3. The van der Waals surface area contributed by atoms with E-state index in [4.69, 9.17) is 14.3 Å². The van der Waals surface area contributed by atoms with Gasteiger partial charge in [-0.05, 0) is 54.1 Å². The van der Waals surface area contributed by atoms with E-state index in [1.165, 1.54) is 11.8 Å². The molecule has 0 spiro atoms. The van der Waals surface area contributed by atoms with Gasteiger partial charge in [0.2, 0.25) is 5.91 Å². The molecule has 0 radical (unpaired) electrons. The normalized spacial score (nSPS) is 19.7. The van der Waals surface area contributed by atoms with Crippen LogP contribution < -0.4 is 10.1 Å². The van der Waals surface area contributed by atoms with Gasteiger partial charge in [0.15, 0.2) is 5.17 Å². The lowest BCUT2D eigenvalue weighted by Gasteiger charge is -2.20. The van der Waals surface area contributed by atoms with E-state index in [-0.39, 0.29) is 24.3 Å². The van der Waals surface area contributed by atoms with E-state index in [1.807, 2.05) is 54.6 Å². The standard InChI is InChI=1S/C25H22N4O4S/c1-32-18-11-9-16(10-12-18)19-14-20(21-8-5-13-33-21)29(28-19)25-27-24(31)22(34-25)15-23(30)26-17-6-3-2-4-7-17/h2-13,20,22H,14-15H2,1H3,(H,26,30)/t20-,22-/m1/s1. The molecular formula is C25H22N4O4S. The number of para-hydroxylation sites is 1. The topological polar surface area (TPSA) is 96.5 Å². The van der Waals surface area contributed by atoms with Crippen LogP contribution in [0.2, 0.25) is 0 Å². The fourth-order valence-corrected chi connectivity index (χ4v) is 4.92. The smallest absolute Gasteiger partial charge is 0.262 e. The highest BCUT2D eigenvalue weighted by atomic mass is 32.2. The maximum absolute atomic E-state index is 12.6. The molecule has 0 saturated heterocycles. The fourth-order valence-electron chi connectivity index (χ4n) is 3.85. The van der Waals surface area contributed by atoms with Crippen molar-refractivity contribution in [1.82, 2.24) is 5.01 Å². The van der Waals surface area contributed by atoms with Crippen molar-refractivity contribution in [3.05, 3.63) is 84.3 Å². The van der Waals surface area contributed by atoms with Crippen molar-refractivity contribution in [2.75, 3.05) is 12.4 Å². The molecule has 34 heavy (non-hydrogen) atoms. The summed E-state index contributed by atoms with van der Waals surface area (Å²) in [5.74, 6) is 0.919. The Morgan fingerprint density at radius 1 is 1.15 bits per heavy atom. The summed E-state index contributed by atoms with van der Waals surface area (Å²) in [7, 11) is 1.62. The van der Waals surface area contributed by atoms with Crippen molar-refractivity contribution < 1.29 is 18.7 Å². The van der Waals surface area contributed by atoms with Gasteiger partial charge in [0.25, 0.3) is 5.91 Å². The van der Waals surface area contributed by atoms with Crippen LogP contribution in [0, 0.1) is 0 Å². The van der Waals surface area contributed by atoms with Crippen molar-refractivity contribution in [3.63, 3.8) is 0 Å². The zero-order valence-electron chi connectivity index (χ0n) is 18.4. The number of carbonyl (C=O) groups is 2. The number of rotatable bonds is 6. The Balaban J connectivity index is 1.33. The molecule has 3 heterocycles. The third-order valence-electron chi connectivity index (χ3n) is 5.56. The minimum absolute atomic E-state index is 0.0275. The number of ether oxygens (including phenoxy) is 1. The first-order valence-corrected chi connectivity index (χ1v) is 11.7. The number of amidine groups is 1. The van der Waals surface area contributed by atoms with E-state index in [9.17, 15) is 9.59 Å². The van der Waals surface area contributed by atoms with Gasteiger partial charge in [-0.15, -0.1) is 0 Å². The number of hydrogen-bond donors (Lipinski definition) is 1. The van der Waals surface area contributed by atoms with E-state index < -0.39 is 5.25 Å². The first-order chi connectivity index (χ1) is 16.6. The average molecular weight is 475 g/mol. The van der Waals surface area contributed by atoms with Crippen LogP contribution in [0.1, 0.15) is 30.2 Å². The Morgan fingerprint density at radius 3 is 2.65 bits per heavy atom. The lowest BCUT2D eigenvalue weighted by atomic mass is 10.0. The SMILES string of the molecule is COc1ccc(C2=NN(C3=NC(=O)[C@@H](CC(=O)Nc4ccccc4)S3)[C@@H](c3ccco3)C2)cc1. The Labute approximate surface area is 200 Å². The van der Waals surface area contributed by atoms with E-state index in [2.05, 4.69) is 10.3 Å². The molecule has 0 fully saturated rings. The minimum atomic E-state index is -0.601. The van der Waals surface area contributed by atoms with E-state index >= 15 is 0 Å². The first-order valence-electron chi connectivity index (χ1n) is 10.8. The van der Waals surface area contributed by atoms with Gasteiger partial charge in [-0.3, -0.25) is 9.59 Å². The van der Waals surface area contributed by atoms with Gasteiger partial charge in [-0.1, -0.05) is 30.0 Å². The Bertz CT molecular complexity index is 1240. The zero-order chi connectivity index (χ0) is 23.5. The first kappa shape index (κ1) is 22.0. The monoisotopic (exact) mass is 474 g/mol. The highest BCUT2D eigenvalue weighted by Crippen LogP contribution is 2.38. The number of hydrogen-bond acceptors (Lipinski definition) is 7. The van der Waals surface area contributed by atoms with Gasteiger partial charge in [-0.25, -0.2) is 5.01 Å². The van der Waals surface area contributed by atoms with Gasteiger partial charge < -0.3 is 14.5 Å². The summed E-state index contributed by atoms with van der Waals surface area (Å²) >= 11 is 1.26. The third-order valence-corrected chi connectivity index (χ3v) is 6.70. The van der Waals surface area contributed by atoms with E-state index in [1.54, 1.807) is 30.5 Å². The Kier molecular flexibility index (Phi) is 6.18. The number of amides is 2. The molecule has 2 aromatic carbocycles. The molecule has 1 aromatic heterocycles. The summed E-state index contributed by atoms with van der Waals surface area (Å²) in [5.41, 5.74) is 2.49. The Hall–Kier alpha value is -3.85. The quantitative estimate of drug-likeness (QED) is 0.566. The summed E-state index contributed by atoms with van der Waals surface area (Å²) in [6.45, 7) is 0. The second kappa shape index (κ2) is 9.56. The molecule has 0 saturated carbocycles. The summed E-state index contributed by atoms with van der Waals surface area (Å²) < 4.78 is 10.9. The number of thioether (sulfide) groups is 1. The second-order valence-corrected chi connectivity index (χ2v) is 8.98. The van der Waals surface area contributed by atoms with E-state index in [0.717, 1.165) is 22.8 Å². The molecule has 2 aliphatic rings. The molecule has 172 valence electrons. The lowest BCUT2D eigenvalue weighted by molar-refractivity contribution is -0.121. The van der Waals surface area contributed by atoms with Crippen LogP contribution in [0.4, 0.5) is 5.69 Å². The number of benzene rings is 2. The fraction of sp³-hybridized carbons (Fsp3) is 0.200. The zero-order valence-corrected chi connectivity index (χ0v) is 19.2. The van der Waals surface area contributed by atoms with Crippen LogP contribution in [-0.2, 0) is 9.59 Å². The van der Waals surface area contributed by atoms with E-state index in [0.29, 0.717) is 17.3 Å². The summed E-state index contributed by atoms with van der Waals surface area (Å²) in [6.07, 6.45) is 2.23. The van der Waals surface area contributed by atoms with Crippen LogP contribution in [-0.4, -0.2) is 40.1 Å². The molecule has 2 atom stereocenters. The largest absolute Gasteiger partial charge is 0.497 e. The highest BCUT2D eigenvalue weighted by Gasteiger charge is 2.40. The Morgan fingerprint density at radius 2 is 1.94 bits per heavy atom. The molecule has 3 aromatic rings. The van der Waals surface area contributed by atoms with Gasteiger partial charge in [-0.2, -0.15) is 10.1 Å². The van der Waals surface area contributed by atoms with Crippen molar-refractivity contribution in [2.24, 2.45) is 10.1 Å². The predicted octanol–water partition coefficient (Wildman–Crippen LogP) is 4.47. The molecule has 0 unspecified atom stereocenters. The van der Waals surface area contributed by atoms with Gasteiger partial charge in [0.05, 0.1) is 19.1 Å². The van der Waals surface area contributed by atoms with Crippen molar-refractivity contribution in [3.8, 4) is 5.75 Å². The second-order valence-electron chi connectivity index (χ2n) is 7.81. The van der Waals surface area contributed by atoms with Crippen LogP contribution in [0.25, 0.3) is 0 Å². The number of nitrogens with zero attached hydrogens (tertiary/aromatic N) is 3. The average Bonchev–Trinajstić information content (AvgIpc) is 3.60. The maximum Gasteiger partial charge on any atom is 0.262 e. The number of furan rings is 1. The van der Waals surface area contributed by atoms with Crippen LogP contribution >= 0.6 is 11.8 Å². The number of methoxy groups -OCH3 is 1. The van der Waals surface area contributed by atoms with Crippen LogP contribution in [0.5, 0.6) is 5.75 Å².